The lowest BCUT2D eigenvalue weighted by molar-refractivity contribution is -0.167. The van der Waals surface area contributed by atoms with Crippen molar-refractivity contribution in [2.75, 3.05) is 52.9 Å². The molecule has 0 amide bonds. The van der Waals surface area contributed by atoms with Crippen LogP contribution in [0.2, 0.25) is 0 Å². The van der Waals surface area contributed by atoms with E-state index in [1.54, 1.807) is 0 Å². The molecule has 696 valence electrons. The van der Waals surface area contributed by atoms with Crippen LogP contribution in [0.25, 0.3) is 64.6 Å². The highest BCUT2D eigenvalue weighted by Crippen LogP contribution is 2.41. The van der Waals surface area contributed by atoms with E-state index in [4.69, 9.17) is 56.8 Å². The van der Waals surface area contributed by atoms with Gasteiger partial charge in [-0.05, 0) is 261 Å². The van der Waals surface area contributed by atoms with E-state index < -0.39 is 121 Å². The molecule has 1 saturated heterocycles. The third-order valence-corrected chi connectivity index (χ3v) is 26.3. The van der Waals surface area contributed by atoms with E-state index in [1.807, 2.05) is 164 Å². The van der Waals surface area contributed by atoms with E-state index >= 15 is 0 Å². The molecular weight excluding hydrogens is 1680 g/mol. The molecule has 0 spiro atoms. The zero-order valence-corrected chi connectivity index (χ0v) is 74.3. The summed E-state index contributed by atoms with van der Waals surface area (Å²) in [6, 6.07) is 51.5. The van der Waals surface area contributed by atoms with Crippen LogP contribution in [-0.4, -0.2) is 183 Å². The lowest BCUT2D eigenvalue weighted by Gasteiger charge is -2.32. The molecule has 1 heterocycles. The standard InChI is InChI=1S/C105H120O26/c106-84-45-41-68(55-90(84)131-105(119)100-80-35-19-13-29-74(80)59-75-30-14-20-36-81(75)100)64-126-94(111)38-6-2-22-50-121-97(114)61-83(102(116)123-52-24-4-8-40-95(112)127-65-69-44-48-89-91(56-69)128-89)82(101(115)122-51-23-3-7-39-93(110)125-63-67-43-47-88(86(108)54-67)130-104(118)99-78-33-17-11-27-72(78)58-73-28-12-18-34-79(73)99)60-96(113)120-49-21-1-5-37-92(109)124-62-66-42-46-87(85(107)53-66)129-103(117)98-76-31-15-9-25-70(76)57-71-26-10-16-32-77(71)98/h9-20,25-36,57-59,66-69,82-91,106-108H,1-8,21-24,37-56,60-65H2. The van der Waals surface area contributed by atoms with Gasteiger partial charge in [0.15, 0.2) is 0 Å². The fraction of sp³-hybridized carbons (Fsp3) is 0.495. The molecule has 1 aliphatic heterocycles. The fourth-order valence-electron chi connectivity index (χ4n) is 18.9. The second-order valence-electron chi connectivity index (χ2n) is 35.9. The molecule has 3 N–H and O–H groups in total. The number of hydrogen-bond donors (Lipinski definition) is 3. The summed E-state index contributed by atoms with van der Waals surface area (Å²) in [6.07, 6.45) is 4.75. The maximum Gasteiger partial charge on any atom is 0.339 e. The number of aliphatic hydroxyl groups excluding tert-OH is 3. The molecule has 4 aliphatic carbocycles. The zero-order chi connectivity index (χ0) is 91.5. The van der Waals surface area contributed by atoms with Crippen molar-refractivity contribution in [1.29, 1.82) is 0 Å². The first-order valence-corrected chi connectivity index (χ1v) is 47.0. The lowest BCUT2D eigenvalue weighted by Crippen LogP contribution is -2.39. The lowest BCUT2D eigenvalue weighted by atomic mass is 9.85. The van der Waals surface area contributed by atoms with Crippen LogP contribution in [0, 0.1) is 35.5 Å². The van der Waals surface area contributed by atoms with Gasteiger partial charge < -0.3 is 72.2 Å². The Morgan fingerprint density at radius 1 is 0.282 bits per heavy atom. The minimum Gasteiger partial charge on any atom is -0.466 e. The van der Waals surface area contributed by atoms with Crippen LogP contribution in [0.1, 0.15) is 224 Å². The third-order valence-electron chi connectivity index (χ3n) is 26.3. The van der Waals surface area contributed by atoms with Crippen molar-refractivity contribution in [1.82, 2.24) is 0 Å². The molecule has 5 fully saturated rings. The number of carbonyl (C=O) groups is 11. The summed E-state index contributed by atoms with van der Waals surface area (Å²) < 4.78 is 69.2. The number of ether oxygens (including phenoxy) is 12. The molecule has 0 aromatic heterocycles. The van der Waals surface area contributed by atoms with E-state index in [0.29, 0.717) is 139 Å². The first-order chi connectivity index (χ1) is 63.7. The quantitative estimate of drug-likeness (QED) is 0.0105. The molecule has 14 rings (SSSR count). The van der Waals surface area contributed by atoms with Gasteiger partial charge in [0.25, 0.3) is 0 Å². The summed E-state index contributed by atoms with van der Waals surface area (Å²) in [5, 5.41) is 43.3. The molecule has 4 saturated carbocycles. The maximum atomic E-state index is 14.5. The Bertz CT molecular complexity index is 5330. The van der Waals surface area contributed by atoms with Crippen molar-refractivity contribution in [2.24, 2.45) is 35.5 Å². The Labute approximate surface area is 761 Å². The van der Waals surface area contributed by atoms with E-state index in [1.165, 1.54) is 0 Å². The highest BCUT2D eigenvalue weighted by molar-refractivity contribution is 6.19. The molecule has 0 radical (unpaired) electrons. The van der Waals surface area contributed by atoms with Gasteiger partial charge in [-0.25, -0.2) is 14.4 Å². The third kappa shape index (κ3) is 26.9. The Balaban J connectivity index is 0.544. The molecule has 5 aliphatic rings. The Hall–Kier alpha value is -11.5. The van der Waals surface area contributed by atoms with Gasteiger partial charge in [-0.1, -0.05) is 146 Å². The SMILES string of the molecule is O=C(CCCCCOC(=O)CC(C(=O)OCCCCCC(=O)OCC1CCC(OC(=O)c2c3ccccc3cc3ccccc23)C(O)C1)C(CC(=O)OCCCCCC(=O)OCC1CCC(O)C(OC(=O)c2c3ccccc3cc3ccccc23)C1)C(=O)OCCCCCC(=O)OCC1CCC2OC2C1)OCC1CCC(OC(=O)c2c3ccccc3cc3ccccc23)C(O)C1. The van der Waals surface area contributed by atoms with E-state index in [9.17, 15) is 68.1 Å². The molecular formula is C105H120O26. The van der Waals surface area contributed by atoms with Crippen molar-refractivity contribution >= 4 is 130 Å². The van der Waals surface area contributed by atoms with Crippen LogP contribution < -0.4 is 0 Å². The average molecular weight is 1800 g/mol. The smallest absolute Gasteiger partial charge is 0.339 e. The number of rotatable bonds is 45. The topological polar surface area (TPSA) is 363 Å². The van der Waals surface area contributed by atoms with Gasteiger partial charge in [0.05, 0.1) is 125 Å². The van der Waals surface area contributed by atoms with E-state index in [0.717, 1.165) is 83.9 Å². The van der Waals surface area contributed by atoms with Gasteiger partial charge >= 0.3 is 65.7 Å². The van der Waals surface area contributed by atoms with Crippen molar-refractivity contribution in [3.05, 3.63) is 180 Å². The van der Waals surface area contributed by atoms with Crippen LogP contribution >= 0.6 is 0 Å². The first-order valence-electron chi connectivity index (χ1n) is 47.0. The summed E-state index contributed by atoms with van der Waals surface area (Å²) in [5.41, 5.74) is 1.29. The predicted octanol–water partition coefficient (Wildman–Crippen LogP) is 17.2. The molecule has 9 aromatic rings. The van der Waals surface area contributed by atoms with Crippen LogP contribution in [0.4, 0.5) is 0 Å². The number of carbonyl (C=O) groups excluding carboxylic acids is 11. The van der Waals surface area contributed by atoms with Gasteiger partial charge in [-0.3, -0.25) is 38.4 Å². The Kier molecular flexibility index (Phi) is 34.7. The molecule has 9 aromatic carbocycles. The molecule has 26 nitrogen and oxygen atoms in total. The second-order valence-corrected chi connectivity index (χ2v) is 35.9. The number of esters is 11. The summed E-state index contributed by atoms with van der Waals surface area (Å²) in [6.45, 7) is -0.161. The summed E-state index contributed by atoms with van der Waals surface area (Å²) >= 11 is 0. The normalized spacial score (nSPS) is 21.6. The first kappa shape index (κ1) is 95.6. The van der Waals surface area contributed by atoms with E-state index in [-0.39, 0.29) is 133 Å². The zero-order valence-electron chi connectivity index (χ0n) is 74.3. The summed E-state index contributed by atoms with van der Waals surface area (Å²) in [5.74, 6) is -10.7. The van der Waals surface area contributed by atoms with Gasteiger partial charge in [0.1, 0.15) is 18.3 Å². The minimum absolute atomic E-state index is 0.0240. The van der Waals surface area contributed by atoms with Crippen LogP contribution in [0.3, 0.4) is 0 Å². The Morgan fingerprint density at radius 2 is 0.573 bits per heavy atom. The number of hydrogen-bond acceptors (Lipinski definition) is 26. The van der Waals surface area contributed by atoms with Crippen LogP contribution in [0.5, 0.6) is 0 Å². The maximum absolute atomic E-state index is 14.5. The average Bonchev–Trinajstić information content (AvgIpc) is 1.59. The van der Waals surface area contributed by atoms with Gasteiger partial charge in [0.2, 0.25) is 0 Å². The molecule has 14 unspecified atom stereocenters. The van der Waals surface area contributed by atoms with Crippen LogP contribution in [-0.2, 0) is 95.2 Å². The summed E-state index contributed by atoms with van der Waals surface area (Å²) in [7, 11) is 0. The molecule has 131 heavy (non-hydrogen) atoms. The highest BCUT2D eigenvalue weighted by atomic mass is 16.6. The molecule has 26 heteroatoms. The number of aliphatic hydroxyl groups is 3. The van der Waals surface area contributed by atoms with Gasteiger partial charge in [-0.15, -0.1) is 0 Å². The monoisotopic (exact) mass is 1800 g/mol. The molecule has 14 atom stereocenters. The highest BCUT2D eigenvalue weighted by Gasteiger charge is 2.45. The fourth-order valence-corrected chi connectivity index (χ4v) is 18.9. The number of benzene rings is 9. The van der Waals surface area contributed by atoms with Gasteiger partial charge in [-0.2, -0.15) is 0 Å². The van der Waals surface area contributed by atoms with E-state index in [2.05, 4.69) is 0 Å². The number of epoxide rings is 1. The number of unbranched alkanes of at least 4 members (excludes halogenated alkanes) is 8. The van der Waals surface area contributed by atoms with Crippen molar-refractivity contribution in [2.45, 2.75) is 241 Å². The van der Waals surface area contributed by atoms with Crippen LogP contribution in [0.15, 0.2) is 164 Å². The Morgan fingerprint density at radius 3 is 0.901 bits per heavy atom. The summed E-state index contributed by atoms with van der Waals surface area (Å²) in [4.78, 5) is 151. The molecule has 0 bridgehead atoms. The van der Waals surface area contributed by atoms with Gasteiger partial charge in [0, 0.05) is 25.7 Å². The van der Waals surface area contributed by atoms with Crippen molar-refractivity contribution < 1.29 is 125 Å². The minimum atomic E-state index is -1.63. The predicted molar refractivity (Wildman–Crippen MR) is 486 cm³/mol. The van der Waals surface area contributed by atoms with Crippen molar-refractivity contribution in [3.8, 4) is 0 Å². The number of fused-ring (bicyclic) bond motifs is 7. The largest absolute Gasteiger partial charge is 0.466 e. The second kappa shape index (κ2) is 47.6. The van der Waals surface area contributed by atoms with Crippen molar-refractivity contribution in [3.63, 3.8) is 0 Å².